The first-order valence-electron chi connectivity index (χ1n) is 5.21. The minimum absolute atomic E-state index is 0.499. The fourth-order valence-electron chi connectivity index (χ4n) is 1.51. The van der Waals surface area contributed by atoms with Crippen LogP contribution in [0.2, 0.25) is 0 Å². The van der Waals surface area contributed by atoms with E-state index in [1.54, 1.807) is 30.2 Å². The Hall–Kier alpha value is -1.04. The number of hydrogen-bond donors (Lipinski definition) is 1. The Morgan fingerprint density at radius 3 is 3.00 bits per heavy atom. The van der Waals surface area contributed by atoms with Crippen LogP contribution in [0.4, 0.5) is 0 Å². The highest BCUT2D eigenvalue weighted by molar-refractivity contribution is 8.00. The van der Waals surface area contributed by atoms with Crippen LogP contribution in [0.25, 0.3) is 0 Å². The molecule has 0 saturated carbocycles. The third kappa shape index (κ3) is 3.21. The Morgan fingerprint density at radius 2 is 2.35 bits per heavy atom. The van der Waals surface area contributed by atoms with Crippen LogP contribution >= 0.6 is 23.1 Å². The smallest absolute Gasteiger partial charge is 0.150 e. The highest BCUT2D eigenvalue weighted by atomic mass is 32.2. The zero-order valence-corrected chi connectivity index (χ0v) is 11.2. The lowest BCUT2D eigenvalue weighted by Crippen LogP contribution is -2.00. The molecule has 2 aromatic rings. The van der Waals surface area contributed by atoms with Crippen molar-refractivity contribution < 1.29 is 4.74 Å². The fourth-order valence-corrected chi connectivity index (χ4v) is 3.09. The van der Waals surface area contributed by atoms with Gasteiger partial charge in [-0.2, -0.15) is 0 Å². The van der Waals surface area contributed by atoms with Gasteiger partial charge in [-0.25, -0.2) is 4.98 Å². The van der Waals surface area contributed by atoms with Crippen molar-refractivity contribution >= 4 is 23.1 Å². The van der Waals surface area contributed by atoms with E-state index in [9.17, 15) is 0 Å². The van der Waals surface area contributed by atoms with Gasteiger partial charge < -0.3 is 10.5 Å². The average Bonchev–Trinajstić information content (AvgIpc) is 2.89. The quantitative estimate of drug-likeness (QED) is 0.845. The topological polar surface area (TPSA) is 48.1 Å². The van der Waals surface area contributed by atoms with E-state index in [-0.39, 0.29) is 0 Å². The molecule has 5 heteroatoms. The number of methoxy groups -OCH3 is 1. The zero-order valence-electron chi connectivity index (χ0n) is 9.55. The van der Waals surface area contributed by atoms with Crippen LogP contribution in [-0.4, -0.2) is 12.1 Å². The summed E-state index contributed by atoms with van der Waals surface area (Å²) in [5, 5.41) is 1.99. The van der Waals surface area contributed by atoms with E-state index in [2.05, 4.69) is 17.1 Å². The van der Waals surface area contributed by atoms with Gasteiger partial charge in [0.05, 0.1) is 7.11 Å². The molecule has 3 nitrogen and oxygen atoms in total. The number of aromatic nitrogens is 1. The van der Waals surface area contributed by atoms with Gasteiger partial charge >= 0.3 is 0 Å². The fraction of sp³-hybridized carbons (Fsp3) is 0.250. The largest absolute Gasteiger partial charge is 0.496 e. The minimum atomic E-state index is 0.499. The number of ether oxygens (including phenoxy) is 1. The lowest BCUT2D eigenvalue weighted by molar-refractivity contribution is 0.409. The molecule has 90 valence electrons. The summed E-state index contributed by atoms with van der Waals surface area (Å²) in [6.45, 7) is 0.499. The van der Waals surface area contributed by atoms with Crippen molar-refractivity contribution in [2.75, 3.05) is 7.11 Å². The molecule has 2 rings (SSSR count). The molecule has 1 aromatic heterocycles. The number of hydrogen-bond acceptors (Lipinski definition) is 5. The number of thiazole rings is 1. The van der Waals surface area contributed by atoms with Crippen molar-refractivity contribution in [3.63, 3.8) is 0 Å². The standard InChI is InChI=1S/C12H14N2OS2/c1-15-11-3-2-9(6-10(11)7-13)8-17-12-14-4-5-16-12/h2-6H,7-8,13H2,1H3. The lowest BCUT2D eigenvalue weighted by Gasteiger charge is -2.08. The molecule has 2 N–H and O–H groups in total. The summed E-state index contributed by atoms with van der Waals surface area (Å²) < 4.78 is 6.34. The Bertz CT molecular complexity index is 471. The SMILES string of the molecule is COc1ccc(CSc2nccs2)cc1CN. The van der Waals surface area contributed by atoms with Gasteiger partial charge in [-0.3, -0.25) is 0 Å². The van der Waals surface area contributed by atoms with Crippen LogP contribution in [0.3, 0.4) is 0 Å². The van der Waals surface area contributed by atoms with Crippen LogP contribution < -0.4 is 10.5 Å². The van der Waals surface area contributed by atoms with Crippen molar-refractivity contribution in [2.45, 2.75) is 16.6 Å². The minimum Gasteiger partial charge on any atom is -0.496 e. The third-order valence-electron chi connectivity index (χ3n) is 2.34. The van der Waals surface area contributed by atoms with E-state index >= 15 is 0 Å². The molecule has 0 aliphatic heterocycles. The van der Waals surface area contributed by atoms with Gasteiger partial charge in [-0.1, -0.05) is 17.8 Å². The molecular formula is C12H14N2OS2. The highest BCUT2D eigenvalue weighted by Gasteiger charge is 2.04. The third-order valence-corrected chi connectivity index (χ3v) is 4.37. The second-order valence-corrected chi connectivity index (χ2v) is 5.55. The predicted octanol–water partition coefficient (Wildman–Crippen LogP) is 2.90. The van der Waals surface area contributed by atoms with E-state index in [1.807, 2.05) is 17.6 Å². The van der Waals surface area contributed by atoms with Gasteiger partial charge in [0.2, 0.25) is 0 Å². The highest BCUT2D eigenvalue weighted by Crippen LogP contribution is 2.27. The molecule has 0 spiro atoms. The van der Waals surface area contributed by atoms with Crippen molar-refractivity contribution in [1.29, 1.82) is 0 Å². The van der Waals surface area contributed by atoms with Crippen LogP contribution in [0.1, 0.15) is 11.1 Å². The number of benzene rings is 1. The molecular weight excluding hydrogens is 252 g/mol. The van der Waals surface area contributed by atoms with E-state index in [4.69, 9.17) is 10.5 Å². The summed E-state index contributed by atoms with van der Waals surface area (Å²) in [4.78, 5) is 4.24. The van der Waals surface area contributed by atoms with Crippen molar-refractivity contribution in [3.05, 3.63) is 40.9 Å². The average molecular weight is 266 g/mol. The monoisotopic (exact) mass is 266 g/mol. The van der Waals surface area contributed by atoms with Gasteiger partial charge in [-0.15, -0.1) is 11.3 Å². The van der Waals surface area contributed by atoms with Crippen molar-refractivity contribution in [3.8, 4) is 5.75 Å². The number of nitrogens with zero attached hydrogens (tertiary/aromatic N) is 1. The maximum Gasteiger partial charge on any atom is 0.150 e. The molecule has 0 fully saturated rings. The van der Waals surface area contributed by atoms with Crippen LogP contribution in [0.5, 0.6) is 5.75 Å². The Labute approximate surface area is 109 Å². The first kappa shape index (κ1) is 12.4. The molecule has 17 heavy (non-hydrogen) atoms. The summed E-state index contributed by atoms with van der Waals surface area (Å²) in [5.74, 6) is 1.76. The van der Waals surface area contributed by atoms with Crippen molar-refractivity contribution in [1.82, 2.24) is 4.98 Å². The van der Waals surface area contributed by atoms with Gasteiger partial charge in [0.25, 0.3) is 0 Å². The summed E-state index contributed by atoms with van der Waals surface area (Å²) in [6.07, 6.45) is 1.83. The molecule has 0 saturated heterocycles. The van der Waals surface area contributed by atoms with E-state index in [0.29, 0.717) is 6.54 Å². The Balaban J connectivity index is 2.06. The first-order valence-corrected chi connectivity index (χ1v) is 7.08. The summed E-state index contributed by atoms with van der Waals surface area (Å²) in [7, 11) is 1.67. The number of rotatable bonds is 5. The molecule has 1 heterocycles. The Morgan fingerprint density at radius 1 is 1.47 bits per heavy atom. The normalized spacial score (nSPS) is 10.5. The summed E-state index contributed by atoms with van der Waals surface area (Å²) in [5.41, 5.74) is 7.98. The second kappa shape index (κ2) is 6.05. The Kier molecular flexibility index (Phi) is 4.42. The van der Waals surface area contributed by atoms with Gasteiger partial charge in [0.1, 0.15) is 10.1 Å². The van der Waals surface area contributed by atoms with Crippen LogP contribution in [0.15, 0.2) is 34.1 Å². The maximum atomic E-state index is 5.69. The van der Waals surface area contributed by atoms with Gasteiger partial charge in [0.15, 0.2) is 0 Å². The lowest BCUT2D eigenvalue weighted by atomic mass is 10.1. The molecule has 0 radical (unpaired) electrons. The van der Waals surface area contributed by atoms with Crippen LogP contribution in [-0.2, 0) is 12.3 Å². The number of nitrogens with two attached hydrogens (primary N) is 1. The molecule has 0 unspecified atom stereocenters. The van der Waals surface area contributed by atoms with Crippen molar-refractivity contribution in [2.24, 2.45) is 5.73 Å². The molecule has 0 amide bonds. The van der Waals surface area contributed by atoms with E-state index in [0.717, 1.165) is 21.4 Å². The second-order valence-electron chi connectivity index (χ2n) is 3.44. The maximum absolute atomic E-state index is 5.69. The zero-order chi connectivity index (χ0) is 12.1. The van der Waals surface area contributed by atoms with Gasteiger partial charge in [0, 0.05) is 29.4 Å². The van der Waals surface area contributed by atoms with E-state index in [1.165, 1.54) is 5.56 Å². The summed E-state index contributed by atoms with van der Waals surface area (Å²) >= 11 is 3.40. The van der Waals surface area contributed by atoms with Crippen LogP contribution in [0, 0.1) is 0 Å². The molecule has 1 aromatic carbocycles. The van der Waals surface area contributed by atoms with Gasteiger partial charge in [-0.05, 0) is 17.7 Å². The molecule has 0 aliphatic rings. The molecule has 0 atom stereocenters. The number of thioether (sulfide) groups is 1. The first-order chi connectivity index (χ1) is 8.33. The van der Waals surface area contributed by atoms with E-state index < -0.39 is 0 Å². The predicted molar refractivity (Wildman–Crippen MR) is 72.6 cm³/mol. The molecule has 0 bridgehead atoms. The summed E-state index contributed by atoms with van der Waals surface area (Å²) in [6, 6.07) is 6.14. The molecule has 0 aliphatic carbocycles.